The van der Waals surface area contributed by atoms with Gasteiger partial charge in [0, 0.05) is 17.6 Å². The summed E-state index contributed by atoms with van der Waals surface area (Å²) in [6, 6.07) is 17.9. The molecule has 0 saturated heterocycles. The monoisotopic (exact) mass is 395 g/mol. The Morgan fingerprint density at radius 1 is 0.889 bits per heavy atom. The van der Waals surface area contributed by atoms with Crippen LogP contribution in [0.1, 0.15) is 25.3 Å². The van der Waals surface area contributed by atoms with Gasteiger partial charge in [-0.25, -0.2) is 4.98 Å². The van der Waals surface area contributed by atoms with Crippen molar-refractivity contribution < 1.29 is 9.47 Å². The topological polar surface area (TPSA) is 31.4 Å². The minimum atomic E-state index is 0.485. The van der Waals surface area contributed by atoms with Gasteiger partial charge in [0.15, 0.2) is 0 Å². The van der Waals surface area contributed by atoms with Crippen molar-refractivity contribution in [3.05, 3.63) is 76.8 Å². The van der Waals surface area contributed by atoms with Gasteiger partial charge in [0.1, 0.15) is 17.2 Å². The molecule has 4 aromatic rings. The van der Waals surface area contributed by atoms with Crippen molar-refractivity contribution in [3.63, 3.8) is 0 Å². The summed E-state index contributed by atoms with van der Waals surface area (Å²) in [4.78, 5) is 4.10. The van der Waals surface area contributed by atoms with Gasteiger partial charge in [-0.1, -0.05) is 61.1 Å². The molecule has 0 fully saturated rings. The third-order valence-corrected chi connectivity index (χ3v) is 5.19. The molecule has 1 heterocycles. The van der Waals surface area contributed by atoms with E-state index in [-0.39, 0.29) is 0 Å². The normalized spacial score (nSPS) is 11.1. The molecule has 0 unspecified atom stereocenters. The molecule has 0 bridgehead atoms. The van der Waals surface area contributed by atoms with Crippen molar-refractivity contribution in [2.24, 2.45) is 0 Å². The van der Waals surface area contributed by atoms with E-state index in [0.717, 1.165) is 11.1 Å². The van der Waals surface area contributed by atoms with Gasteiger partial charge in [0.2, 0.25) is 0 Å². The Kier molecular flexibility index (Phi) is 5.01. The maximum Gasteiger partial charge on any atom is 0.278 e. The van der Waals surface area contributed by atoms with Crippen LogP contribution in [-0.2, 0) is 0 Å². The lowest BCUT2D eigenvalue weighted by molar-refractivity contribution is 0.468. The average molecular weight is 396 g/mol. The second kappa shape index (κ2) is 7.59. The van der Waals surface area contributed by atoms with Gasteiger partial charge >= 0.3 is 0 Å². The highest BCUT2D eigenvalue weighted by molar-refractivity contribution is 7.11. The summed E-state index contributed by atoms with van der Waals surface area (Å²) in [6.45, 7) is 4.39. The summed E-state index contributed by atoms with van der Waals surface area (Å²) in [5.41, 5.74) is 1.33. The van der Waals surface area contributed by atoms with Crippen LogP contribution in [-0.4, -0.2) is 4.98 Å². The third-order valence-electron chi connectivity index (χ3n) is 4.25. The van der Waals surface area contributed by atoms with Crippen molar-refractivity contribution in [2.75, 3.05) is 0 Å². The van der Waals surface area contributed by atoms with Crippen LogP contribution in [0.5, 0.6) is 22.4 Å². The number of nitrogens with zero attached hydrogens (tertiary/aromatic N) is 1. The van der Waals surface area contributed by atoms with Gasteiger partial charge < -0.3 is 9.47 Å². The van der Waals surface area contributed by atoms with Crippen molar-refractivity contribution in [2.45, 2.75) is 19.8 Å². The van der Waals surface area contributed by atoms with Gasteiger partial charge in [-0.05, 0) is 46.5 Å². The van der Waals surface area contributed by atoms with Crippen molar-refractivity contribution in [1.29, 1.82) is 0 Å². The van der Waals surface area contributed by atoms with E-state index < -0.39 is 0 Å². The lowest BCUT2D eigenvalue weighted by Gasteiger charge is -2.11. The van der Waals surface area contributed by atoms with Crippen LogP contribution in [0, 0.1) is 0 Å². The maximum atomic E-state index is 6.37. The molecule has 0 aliphatic carbocycles. The molecule has 0 spiro atoms. The van der Waals surface area contributed by atoms with E-state index in [2.05, 4.69) is 43.1 Å². The Balaban J connectivity index is 1.55. The zero-order valence-corrected chi connectivity index (χ0v) is 16.6. The quantitative estimate of drug-likeness (QED) is 0.347. The molecule has 0 saturated carbocycles. The molecule has 0 aliphatic rings. The first-order valence-corrected chi connectivity index (χ1v) is 9.93. The number of ether oxygens (including phenoxy) is 2. The minimum Gasteiger partial charge on any atom is -0.456 e. The molecule has 0 aliphatic heterocycles. The van der Waals surface area contributed by atoms with Crippen LogP contribution in [0.2, 0.25) is 5.02 Å². The standard InChI is InChI=1S/C22H18ClNO2S/c1-14(2)15-3-4-17-12-18(6-5-16(17)11-15)25-21-8-7-19(13-20(21)23)26-22-24-9-10-27-22/h3-14H,1-2H3. The first-order chi connectivity index (χ1) is 13.1. The van der Waals surface area contributed by atoms with Gasteiger partial charge in [0.25, 0.3) is 5.19 Å². The van der Waals surface area contributed by atoms with Crippen LogP contribution >= 0.6 is 22.9 Å². The van der Waals surface area contributed by atoms with Gasteiger partial charge in [-0.15, -0.1) is 0 Å². The molecule has 5 heteroatoms. The van der Waals surface area contributed by atoms with Gasteiger partial charge in [-0.3, -0.25) is 0 Å². The Bertz CT molecular complexity index is 1080. The summed E-state index contributed by atoms with van der Waals surface area (Å²) >= 11 is 7.80. The zero-order valence-electron chi connectivity index (χ0n) is 15.0. The molecule has 3 aromatic carbocycles. The molecule has 3 nitrogen and oxygen atoms in total. The number of halogens is 1. The Labute approximate surface area is 167 Å². The number of aromatic nitrogens is 1. The lowest BCUT2D eigenvalue weighted by atomic mass is 9.99. The molecular formula is C22H18ClNO2S. The van der Waals surface area contributed by atoms with Crippen molar-refractivity contribution in [3.8, 4) is 22.4 Å². The molecule has 0 amide bonds. The molecular weight excluding hydrogens is 378 g/mol. The molecule has 0 N–H and O–H groups in total. The molecule has 4 rings (SSSR count). The maximum absolute atomic E-state index is 6.37. The highest BCUT2D eigenvalue weighted by Crippen LogP contribution is 2.35. The van der Waals surface area contributed by atoms with Gasteiger partial charge in [-0.2, -0.15) is 0 Å². The van der Waals surface area contributed by atoms with Crippen LogP contribution in [0.25, 0.3) is 10.8 Å². The largest absolute Gasteiger partial charge is 0.456 e. The predicted octanol–water partition coefficient (Wildman–Crippen LogP) is 7.66. The van der Waals surface area contributed by atoms with Crippen molar-refractivity contribution in [1.82, 2.24) is 4.98 Å². The molecule has 1 aromatic heterocycles. The van der Waals surface area contributed by atoms with E-state index in [0.29, 0.717) is 27.6 Å². The second-order valence-electron chi connectivity index (χ2n) is 6.52. The van der Waals surface area contributed by atoms with E-state index in [9.17, 15) is 0 Å². The number of rotatable bonds is 5. The van der Waals surface area contributed by atoms with E-state index in [4.69, 9.17) is 21.1 Å². The summed E-state index contributed by atoms with van der Waals surface area (Å²) in [6.07, 6.45) is 1.70. The minimum absolute atomic E-state index is 0.485. The highest BCUT2D eigenvalue weighted by atomic mass is 35.5. The number of benzene rings is 3. The number of hydrogen-bond acceptors (Lipinski definition) is 4. The number of fused-ring (bicyclic) bond motifs is 1. The fraction of sp³-hybridized carbons (Fsp3) is 0.136. The Morgan fingerprint density at radius 3 is 2.37 bits per heavy atom. The predicted molar refractivity (Wildman–Crippen MR) is 112 cm³/mol. The van der Waals surface area contributed by atoms with Crippen LogP contribution in [0.4, 0.5) is 0 Å². The Hall–Kier alpha value is -2.56. The van der Waals surface area contributed by atoms with Crippen LogP contribution in [0.3, 0.4) is 0 Å². The Morgan fingerprint density at radius 2 is 1.63 bits per heavy atom. The summed E-state index contributed by atoms with van der Waals surface area (Å²) in [5.74, 6) is 2.47. The first kappa shape index (κ1) is 17.8. The SMILES string of the molecule is CC(C)c1ccc2cc(Oc3ccc(Oc4nccs4)cc3Cl)ccc2c1. The smallest absolute Gasteiger partial charge is 0.278 e. The van der Waals surface area contributed by atoms with E-state index in [1.54, 1.807) is 18.3 Å². The number of thiazole rings is 1. The van der Waals surface area contributed by atoms with Crippen LogP contribution in [0.15, 0.2) is 66.2 Å². The fourth-order valence-corrected chi connectivity index (χ4v) is 3.49. The van der Waals surface area contributed by atoms with E-state index in [1.165, 1.54) is 22.3 Å². The second-order valence-corrected chi connectivity index (χ2v) is 7.78. The summed E-state index contributed by atoms with van der Waals surface area (Å²) in [7, 11) is 0. The molecule has 0 radical (unpaired) electrons. The van der Waals surface area contributed by atoms with E-state index >= 15 is 0 Å². The summed E-state index contributed by atoms with van der Waals surface area (Å²) < 4.78 is 11.6. The van der Waals surface area contributed by atoms with Crippen LogP contribution < -0.4 is 9.47 Å². The average Bonchev–Trinajstić information content (AvgIpc) is 3.16. The number of hydrogen-bond donors (Lipinski definition) is 0. The third kappa shape index (κ3) is 4.07. The van der Waals surface area contributed by atoms with Gasteiger partial charge in [0.05, 0.1) is 5.02 Å². The fourth-order valence-electron chi connectivity index (χ4n) is 2.78. The lowest BCUT2D eigenvalue weighted by Crippen LogP contribution is -1.89. The molecule has 136 valence electrons. The molecule has 27 heavy (non-hydrogen) atoms. The summed E-state index contributed by atoms with van der Waals surface area (Å²) in [5, 5.41) is 5.26. The zero-order chi connectivity index (χ0) is 18.8. The molecule has 0 atom stereocenters. The van der Waals surface area contributed by atoms with Crippen molar-refractivity contribution >= 4 is 33.7 Å². The van der Waals surface area contributed by atoms with E-state index in [1.807, 2.05) is 23.6 Å². The first-order valence-electron chi connectivity index (χ1n) is 8.67. The highest BCUT2D eigenvalue weighted by Gasteiger charge is 2.08.